The summed E-state index contributed by atoms with van der Waals surface area (Å²) in [5, 5.41) is 0.443. The van der Waals surface area contributed by atoms with E-state index in [1.54, 1.807) is 0 Å². The third-order valence-corrected chi connectivity index (χ3v) is 7.46. The first kappa shape index (κ1) is 21.3. The summed E-state index contributed by atoms with van der Waals surface area (Å²) in [5.41, 5.74) is -0.545. The van der Waals surface area contributed by atoms with E-state index >= 15 is 0 Å². The van der Waals surface area contributed by atoms with Crippen LogP contribution in [0.15, 0.2) is 4.47 Å². The molecule has 0 aliphatic carbocycles. The van der Waals surface area contributed by atoms with E-state index in [0.717, 1.165) is 12.8 Å². The SMILES string of the molecule is CC(C)(C)OC(=O)N1[C@@H]2CC[C@H]1[C@H]1COc3c(Cl)c(Br)c(F)c4nc(Cl)nc(c34)N1C2. The number of piperazine rings is 1. The van der Waals surface area contributed by atoms with Gasteiger partial charge in [-0.3, -0.25) is 4.90 Å². The monoisotopic (exact) mass is 532 g/mol. The van der Waals surface area contributed by atoms with Crippen molar-refractivity contribution < 1.29 is 18.7 Å². The topological polar surface area (TPSA) is 67.8 Å². The molecule has 4 heterocycles. The predicted octanol–water partition coefficient (Wildman–Crippen LogP) is 5.19. The molecule has 3 atom stereocenters. The number of benzene rings is 1. The molecular formula is C20H20BrCl2FN4O3. The fraction of sp³-hybridized carbons (Fsp3) is 0.550. The third-order valence-electron chi connectivity index (χ3n) is 5.96. The Morgan fingerprint density at radius 2 is 2.00 bits per heavy atom. The number of halogens is 4. The van der Waals surface area contributed by atoms with Crippen LogP contribution in [0.4, 0.5) is 15.0 Å². The van der Waals surface area contributed by atoms with Gasteiger partial charge in [-0.1, -0.05) is 11.6 Å². The van der Waals surface area contributed by atoms with E-state index in [-0.39, 0.29) is 51.1 Å². The van der Waals surface area contributed by atoms with Crippen LogP contribution in [0.25, 0.3) is 10.9 Å². The van der Waals surface area contributed by atoms with E-state index in [1.165, 1.54) is 0 Å². The number of aromatic nitrogens is 2. The Hall–Kier alpha value is -1.58. The molecule has 1 amide bonds. The fourth-order valence-corrected chi connectivity index (χ4v) is 5.56. The van der Waals surface area contributed by atoms with Gasteiger partial charge in [-0.05, 0) is 61.1 Å². The molecule has 11 heteroatoms. The first-order valence-corrected chi connectivity index (χ1v) is 11.6. The standard InChI is InChI=1S/C20H20BrCl2FN4O3/c1-20(2,3)31-19(29)28-8-4-5-9(28)10-7-30-16-11-15(14(24)12(21)13(16)22)25-18(23)26-17(11)27(10)6-8/h8-10H,4-7H2,1-3H3/t8-,9+,10-/m1/s1. The van der Waals surface area contributed by atoms with Crippen LogP contribution in [0.5, 0.6) is 5.75 Å². The van der Waals surface area contributed by atoms with Crippen LogP contribution in [0.1, 0.15) is 33.6 Å². The summed E-state index contributed by atoms with van der Waals surface area (Å²) in [6.45, 7) is 6.30. The summed E-state index contributed by atoms with van der Waals surface area (Å²) in [5.74, 6) is 0.166. The van der Waals surface area contributed by atoms with Crippen molar-refractivity contribution in [2.45, 2.75) is 57.3 Å². The Kier molecular flexibility index (Phi) is 4.95. The third kappa shape index (κ3) is 3.31. The Morgan fingerprint density at radius 3 is 2.71 bits per heavy atom. The summed E-state index contributed by atoms with van der Waals surface area (Å²) < 4.78 is 26.8. The van der Waals surface area contributed by atoms with Gasteiger partial charge in [-0.2, -0.15) is 4.98 Å². The lowest BCUT2D eigenvalue weighted by Gasteiger charge is -2.46. The van der Waals surface area contributed by atoms with E-state index in [2.05, 4.69) is 30.8 Å². The smallest absolute Gasteiger partial charge is 0.410 e. The molecule has 31 heavy (non-hydrogen) atoms. The largest absolute Gasteiger partial charge is 0.489 e. The molecule has 3 aliphatic rings. The Bertz CT molecular complexity index is 1110. The van der Waals surface area contributed by atoms with Crippen molar-refractivity contribution in [3.8, 4) is 5.75 Å². The highest BCUT2D eigenvalue weighted by Gasteiger charge is 2.51. The van der Waals surface area contributed by atoms with Gasteiger partial charge >= 0.3 is 6.09 Å². The number of amides is 1. The summed E-state index contributed by atoms with van der Waals surface area (Å²) in [7, 11) is 0. The minimum Gasteiger partial charge on any atom is -0.489 e. The van der Waals surface area contributed by atoms with Gasteiger partial charge < -0.3 is 14.4 Å². The molecule has 0 radical (unpaired) electrons. The summed E-state index contributed by atoms with van der Waals surface area (Å²) in [6.07, 6.45) is 1.30. The summed E-state index contributed by atoms with van der Waals surface area (Å²) in [4.78, 5) is 25.4. The Morgan fingerprint density at radius 1 is 1.26 bits per heavy atom. The van der Waals surface area contributed by atoms with Gasteiger partial charge in [0.2, 0.25) is 5.28 Å². The van der Waals surface area contributed by atoms with Gasteiger partial charge in [0.05, 0.1) is 28.0 Å². The first-order valence-electron chi connectivity index (χ1n) is 10.0. The number of hydrogen-bond donors (Lipinski definition) is 0. The van der Waals surface area contributed by atoms with Crippen molar-refractivity contribution in [3.05, 3.63) is 20.6 Å². The number of fused-ring (bicyclic) bond motifs is 5. The molecule has 166 valence electrons. The lowest BCUT2D eigenvalue weighted by atomic mass is 10.0. The van der Waals surface area contributed by atoms with Crippen LogP contribution < -0.4 is 9.64 Å². The molecule has 0 saturated carbocycles. The number of rotatable bonds is 0. The minimum atomic E-state index is -0.619. The van der Waals surface area contributed by atoms with E-state index in [0.29, 0.717) is 23.5 Å². The van der Waals surface area contributed by atoms with Crippen molar-refractivity contribution in [1.29, 1.82) is 0 Å². The van der Waals surface area contributed by atoms with Crippen LogP contribution in [-0.4, -0.2) is 57.8 Å². The van der Waals surface area contributed by atoms with Crippen LogP contribution in [0, 0.1) is 5.82 Å². The van der Waals surface area contributed by atoms with Gasteiger partial charge in [-0.15, -0.1) is 0 Å². The first-order chi connectivity index (χ1) is 14.6. The maximum Gasteiger partial charge on any atom is 0.410 e. The molecule has 2 fully saturated rings. The second kappa shape index (κ2) is 7.22. The van der Waals surface area contributed by atoms with E-state index < -0.39 is 11.4 Å². The second-order valence-corrected chi connectivity index (χ2v) is 10.5. The van der Waals surface area contributed by atoms with Crippen molar-refractivity contribution in [2.24, 2.45) is 0 Å². The molecule has 2 saturated heterocycles. The van der Waals surface area contributed by atoms with E-state index in [1.807, 2.05) is 25.7 Å². The lowest BCUT2D eigenvalue weighted by molar-refractivity contribution is 0.00547. The summed E-state index contributed by atoms with van der Waals surface area (Å²) >= 11 is 15.8. The molecule has 2 bridgehead atoms. The average Bonchev–Trinajstić information content (AvgIpc) is 2.91. The van der Waals surface area contributed by atoms with Crippen LogP contribution in [0.3, 0.4) is 0 Å². The van der Waals surface area contributed by atoms with Crippen molar-refractivity contribution >= 4 is 61.9 Å². The average molecular weight is 534 g/mol. The number of anilines is 1. The van der Waals surface area contributed by atoms with Gasteiger partial charge in [0.25, 0.3) is 0 Å². The zero-order chi connectivity index (χ0) is 22.2. The van der Waals surface area contributed by atoms with Crippen molar-refractivity contribution in [2.75, 3.05) is 18.1 Å². The number of nitrogens with zero attached hydrogens (tertiary/aromatic N) is 4. The van der Waals surface area contributed by atoms with Gasteiger partial charge in [-0.25, -0.2) is 14.2 Å². The minimum absolute atomic E-state index is 0.0452. The quantitative estimate of drug-likeness (QED) is 0.343. The van der Waals surface area contributed by atoms with Crippen LogP contribution in [0.2, 0.25) is 10.3 Å². The molecule has 1 aromatic carbocycles. The van der Waals surface area contributed by atoms with E-state index in [4.69, 9.17) is 32.7 Å². The number of hydrogen-bond acceptors (Lipinski definition) is 6. The van der Waals surface area contributed by atoms with Gasteiger partial charge in [0.1, 0.15) is 28.6 Å². The highest BCUT2D eigenvalue weighted by Crippen LogP contribution is 2.48. The fourth-order valence-electron chi connectivity index (χ4n) is 4.80. The molecule has 5 rings (SSSR count). The number of ether oxygens (including phenoxy) is 2. The second-order valence-electron chi connectivity index (χ2n) is 9.03. The maximum absolute atomic E-state index is 15.0. The zero-order valence-electron chi connectivity index (χ0n) is 17.1. The van der Waals surface area contributed by atoms with Crippen molar-refractivity contribution in [3.63, 3.8) is 0 Å². The molecule has 0 spiro atoms. The molecule has 3 aliphatic heterocycles. The highest BCUT2D eigenvalue weighted by molar-refractivity contribution is 9.10. The Labute approximate surface area is 196 Å². The zero-order valence-corrected chi connectivity index (χ0v) is 20.2. The molecule has 0 N–H and O–H groups in total. The van der Waals surface area contributed by atoms with Gasteiger partial charge in [0, 0.05) is 6.54 Å². The molecule has 0 unspecified atom stereocenters. The predicted molar refractivity (Wildman–Crippen MR) is 119 cm³/mol. The molecule has 1 aromatic heterocycles. The van der Waals surface area contributed by atoms with E-state index in [9.17, 15) is 9.18 Å². The van der Waals surface area contributed by atoms with Crippen molar-refractivity contribution in [1.82, 2.24) is 14.9 Å². The lowest BCUT2D eigenvalue weighted by Crippen LogP contribution is -2.63. The number of carbonyl (C=O) groups excluding carboxylic acids is 1. The maximum atomic E-state index is 15.0. The number of carbonyl (C=O) groups is 1. The van der Waals surface area contributed by atoms with Gasteiger partial charge in [0.15, 0.2) is 11.6 Å². The normalized spacial score (nSPS) is 24.7. The van der Waals surface area contributed by atoms with Crippen LogP contribution >= 0.6 is 39.1 Å². The Balaban J connectivity index is 1.62. The van der Waals surface area contributed by atoms with Crippen LogP contribution in [-0.2, 0) is 4.74 Å². The molecule has 7 nitrogen and oxygen atoms in total. The highest BCUT2D eigenvalue weighted by atomic mass is 79.9. The summed E-state index contributed by atoms with van der Waals surface area (Å²) in [6, 6.07) is -0.415. The molecule has 2 aromatic rings. The molecular weight excluding hydrogens is 514 g/mol.